The topological polar surface area (TPSA) is 55.4 Å². The first kappa shape index (κ1) is 17.6. The van der Waals surface area contributed by atoms with Crippen LogP contribution in [0.1, 0.15) is 43.2 Å². The van der Waals surface area contributed by atoms with E-state index in [-0.39, 0.29) is 24.4 Å². The number of esters is 1. The summed E-state index contributed by atoms with van der Waals surface area (Å²) in [5.41, 5.74) is 2.47. The van der Waals surface area contributed by atoms with Gasteiger partial charge in [-0.15, -0.1) is 0 Å². The molecule has 0 radical (unpaired) electrons. The second-order valence-electron chi connectivity index (χ2n) is 8.59. The zero-order valence-corrected chi connectivity index (χ0v) is 15.6. The van der Waals surface area contributed by atoms with E-state index < -0.39 is 0 Å². The Kier molecular flexibility index (Phi) is 5.01. The smallest absolute Gasteiger partial charge is 0.310 e. The van der Waals surface area contributed by atoms with Gasteiger partial charge in [-0.2, -0.15) is 0 Å². The van der Waals surface area contributed by atoms with Crippen LogP contribution in [0.4, 0.5) is 0 Å². The van der Waals surface area contributed by atoms with E-state index in [0.717, 1.165) is 18.3 Å². The number of benzene rings is 1. The van der Waals surface area contributed by atoms with E-state index >= 15 is 0 Å². The molecule has 0 heterocycles. The van der Waals surface area contributed by atoms with Crippen LogP contribution in [0, 0.1) is 36.5 Å². The Hall–Kier alpha value is -1.84. The number of hydrogen-bond acceptors (Lipinski definition) is 3. The number of carbonyl (C=O) groups is 2. The molecule has 0 spiro atoms. The van der Waals surface area contributed by atoms with Gasteiger partial charge in [-0.1, -0.05) is 24.3 Å². The van der Waals surface area contributed by atoms with Crippen molar-refractivity contribution in [2.24, 2.45) is 29.6 Å². The minimum Gasteiger partial charge on any atom is -0.455 e. The first-order valence-corrected chi connectivity index (χ1v) is 10.1. The van der Waals surface area contributed by atoms with Crippen LogP contribution in [-0.4, -0.2) is 25.0 Å². The van der Waals surface area contributed by atoms with Crippen LogP contribution < -0.4 is 5.32 Å². The summed E-state index contributed by atoms with van der Waals surface area (Å²) in [5, 5.41) is 2.87. The molecule has 0 aromatic heterocycles. The number of rotatable bonds is 6. The number of aryl methyl sites for hydroxylation is 1. The maximum Gasteiger partial charge on any atom is 0.310 e. The Labute approximate surface area is 155 Å². The predicted octanol–water partition coefficient (Wildman–Crippen LogP) is 3.27. The molecule has 0 aliphatic heterocycles. The van der Waals surface area contributed by atoms with Crippen LogP contribution in [0.2, 0.25) is 0 Å². The molecule has 4 fully saturated rings. The summed E-state index contributed by atoms with van der Waals surface area (Å²) >= 11 is 0. The number of nitrogens with one attached hydrogen (secondary N) is 1. The number of hydrogen-bond donors (Lipinski definition) is 1. The van der Waals surface area contributed by atoms with Crippen molar-refractivity contribution in [3.05, 3.63) is 35.4 Å². The van der Waals surface area contributed by atoms with Crippen LogP contribution in [-0.2, 0) is 20.7 Å². The van der Waals surface area contributed by atoms with Crippen molar-refractivity contribution < 1.29 is 14.3 Å². The molecule has 1 amide bonds. The van der Waals surface area contributed by atoms with E-state index in [0.29, 0.717) is 18.4 Å². The highest BCUT2D eigenvalue weighted by molar-refractivity contribution is 5.81. The summed E-state index contributed by atoms with van der Waals surface area (Å²) in [6.45, 7) is 2.50. The van der Waals surface area contributed by atoms with Crippen molar-refractivity contribution in [3.8, 4) is 0 Å². The second-order valence-corrected chi connectivity index (χ2v) is 8.59. The van der Waals surface area contributed by atoms with Gasteiger partial charge in [-0.3, -0.25) is 9.59 Å². The molecule has 4 bridgehead atoms. The lowest BCUT2D eigenvalue weighted by molar-refractivity contribution is -0.164. The average Bonchev–Trinajstić information content (AvgIpc) is 2.61. The van der Waals surface area contributed by atoms with Gasteiger partial charge in [0.2, 0.25) is 0 Å². The zero-order valence-electron chi connectivity index (χ0n) is 15.6. The minimum absolute atomic E-state index is 0.0440. The van der Waals surface area contributed by atoms with Crippen LogP contribution in [0.5, 0.6) is 0 Å². The van der Waals surface area contributed by atoms with Crippen molar-refractivity contribution in [2.75, 3.05) is 13.2 Å². The van der Waals surface area contributed by atoms with Gasteiger partial charge in [0, 0.05) is 6.54 Å². The summed E-state index contributed by atoms with van der Waals surface area (Å²) in [7, 11) is 0. The Morgan fingerprint density at radius 3 is 2.35 bits per heavy atom. The highest BCUT2D eigenvalue weighted by atomic mass is 16.5. The lowest BCUT2D eigenvalue weighted by atomic mass is 9.52. The van der Waals surface area contributed by atoms with Crippen LogP contribution in [0.3, 0.4) is 0 Å². The van der Waals surface area contributed by atoms with Gasteiger partial charge in [0.25, 0.3) is 5.91 Å². The fourth-order valence-electron chi connectivity index (χ4n) is 5.82. The van der Waals surface area contributed by atoms with E-state index in [1.165, 1.54) is 43.2 Å². The quantitative estimate of drug-likeness (QED) is 0.797. The fraction of sp³-hybridized carbons (Fsp3) is 0.636. The van der Waals surface area contributed by atoms with Crippen LogP contribution in [0.25, 0.3) is 0 Å². The van der Waals surface area contributed by atoms with Crippen molar-refractivity contribution in [3.63, 3.8) is 0 Å². The Morgan fingerprint density at radius 1 is 1.04 bits per heavy atom. The fourth-order valence-corrected chi connectivity index (χ4v) is 5.82. The Bertz CT molecular complexity index is 656. The highest BCUT2D eigenvalue weighted by Gasteiger charge is 2.51. The second kappa shape index (κ2) is 7.42. The predicted molar refractivity (Wildman–Crippen MR) is 99.4 cm³/mol. The molecule has 5 rings (SSSR count). The molecule has 4 nitrogen and oxygen atoms in total. The molecule has 1 aromatic carbocycles. The summed E-state index contributed by atoms with van der Waals surface area (Å²) < 4.78 is 5.41. The van der Waals surface area contributed by atoms with E-state index in [1.54, 1.807) is 0 Å². The maximum absolute atomic E-state index is 12.6. The molecule has 4 aliphatic rings. The van der Waals surface area contributed by atoms with E-state index in [9.17, 15) is 9.59 Å². The summed E-state index contributed by atoms with van der Waals surface area (Å²) in [6.07, 6.45) is 6.93. The first-order chi connectivity index (χ1) is 12.6. The third-order valence-electron chi connectivity index (χ3n) is 6.82. The summed E-state index contributed by atoms with van der Waals surface area (Å²) in [6, 6.07) is 8.18. The third-order valence-corrected chi connectivity index (χ3v) is 6.82. The highest BCUT2D eigenvalue weighted by Crippen LogP contribution is 2.56. The minimum atomic E-state index is -0.198. The maximum atomic E-state index is 12.6. The SMILES string of the molecule is Cc1ccccc1CCNC(=O)COC(=O)C1C2CC3CC(C2)CC1C3. The third kappa shape index (κ3) is 3.65. The summed E-state index contributed by atoms with van der Waals surface area (Å²) in [5.74, 6) is 2.40. The number of amides is 1. The van der Waals surface area contributed by atoms with Gasteiger partial charge in [-0.05, 0) is 80.2 Å². The monoisotopic (exact) mass is 355 g/mol. The molecular formula is C22H29NO3. The molecule has 4 heteroatoms. The number of carbonyl (C=O) groups excluding carboxylic acids is 2. The van der Waals surface area contributed by atoms with Gasteiger partial charge in [0.05, 0.1) is 5.92 Å². The van der Waals surface area contributed by atoms with E-state index in [1.807, 2.05) is 12.1 Å². The van der Waals surface area contributed by atoms with Crippen LogP contribution in [0.15, 0.2) is 24.3 Å². The van der Waals surface area contributed by atoms with E-state index in [4.69, 9.17) is 4.74 Å². The van der Waals surface area contributed by atoms with Crippen LogP contribution >= 0.6 is 0 Å². The van der Waals surface area contributed by atoms with Crippen molar-refractivity contribution in [1.29, 1.82) is 0 Å². The molecule has 1 N–H and O–H groups in total. The van der Waals surface area contributed by atoms with Crippen molar-refractivity contribution in [2.45, 2.75) is 45.4 Å². The molecule has 0 saturated heterocycles. The molecule has 0 unspecified atom stereocenters. The number of ether oxygens (including phenoxy) is 1. The van der Waals surface area contributed by atoms with Crippen molar-refractivity contribution >= 4 is 11.9 Å². The normalized spacial score (nSPS) is 31.7. The van der Waals surface area contributed by atoms with Gasteiger partial charge in [0.1, 0.15) is 0 Å². The zero-order chi connectivity index (χ0) is 18.1. The first-order valence-electron chi connectivity index (χ1n) is 10.1. The molecule has 4 saturated carbocycles. The lowest BCUT2D eigenvalue weighted by Gasteiger charge is -2.53. The van der Waals surface area contributed by atoms with Gasteiger partial charge >= 0.3 is 5.97 Å². The molecule has 0 atom stereocenters. The lowest BCUT2D eigenvalue weighted by Crippen LogP contribution is -2.48. The molecule has 26 heavy (non-hydrogen) atoms. The average molecular weight is 355 g/mol. The van der Waals surface area contributed by atoms with E-state index in [2.05, 4.69) is 24.4 Å². The van der Waals surface area contributed by atoms with Gasteiger partial charge < -0.3 is 10.1 Å². The van der Waals surface area contributed by atoms with Gasteiger partial charge in [-0.25, -0.2) is 0 Å². The molecule has 140 valence electrons. The van der Waals surface area contributed by atoms with Gasteiger partial charge in [0.15, 0.2) is 6.61 Å². The Balaban J connectivity index is 1.21. The Morgan fingerprint density at radius 2 is 1.69 bits per heavy atom. The standard InChI is InChI=1S/C22H29NO3/c1-14-4-2-3-5-17(14)6-7-23-20(24)13-26-22(25)21-18-9-15-8-16(11-18)12-19(21)10-15/h2-5,15-16,18-19,21H,6-13H2,1H3,(H,23,24). The van der Waals surface area contributed by atoms with Crippen molar-refractivity contribution in [1.82, 2.24) is 5.32 Å². The largest absolute Gasteiger partial charge is 0.455 e. The summed E-state index contributed by atoms with van der Waals surface area (Å²) in [4.78, 5) is 24.6. The molecular weight excluding hydrogens is 326 g/mol. The molecule has 4 aliphatic carbocycles. The molecule has 1 aromatic rings.